The smallest absolute Gasteiger partial charge is 0.416 e. The van der Waals surface area contributed by atoms with Crippen LogP contribution in [0.5, 0.6) is 0 Å². The van der Waals surface area contributed by atoms with E-state index in [4.69, 9.17) is 9.72 Å². The van der Waals surface area contributed by atoms with Crippen LogP contribution in [0.1, 0.15) is 100 Å². The average Bonchev–Trinajstić information content (AvgIpc) is 3.58. The van der Waals surface area contributed by atoms with E-state index in [2.05, 4.69) is 23.6 Å². The number of alkyl halides is 6. The molecule has 1 aliphatic carbocycles. The molecule has 44 heavy (non-hydrogen) atoms. The van der Waals surface area contributed by atoms with Crippen LogP contribution in [0.2, 0.25) is 0 Å². The Hall–Kier alpha value is -3.18. The molecule has 12 heteroatoms. The Morgan fingerprint density at radius 2 is 1.59 bits per heavy atom. The van der Waals surface area contributed by atoms with Gasteiger partial charge in [-0.2, -0.15) is 26.3 Å². The van der Waals surface area contributed by atoms with Gasteiger partial charge in [-0.25, -0.2) is 9.78 Å². The van der Waals surface area contributed by atoms with Gasteiger partial charge >= 0.3 is 18.4 Å². The minimum Gasteiger partial charge on any atom is -0.439 e. The maximum Gasteiger partial charge on any atom is 0.416 e. The lowest BCUT2D eigenvalue weighted by Gasteiger charge is -2.37. The van der Waals surface area contributed by atoms with Crippen molar-refractivity contribution < 1.29 is 35.9 Å². The van der Waals surface area contributed by atoms with Gasteiger partial charge in [0, 0.05) is 30.7 Å². The minimum atomic E-state index is -5.00. The number of aromatic nitrogens is 1. The number of hydrogen-bond donors (Lipinski definition) is 0. The van der Waals surface area contributed by atoms with Gasteiger partial charge < -0.3 is 14.5 Å². The second-order valence-corrected chi connectivity index (χ2v) is 12.2. The van der Waals surface area contributed by atoms with Gasteiger partial charge in [-0.15, -0.1) is 0 Å². The van der Waals surface area contributed by atoms with Gasteiger partial charge in [0.05, 0.1) is 35.6 Å². The molecule has 1 saturated carbocycles. The molecule has 2 unspecified atom stereocenters. The third-order valence-electron chi connectivity index (χ3n) is 9.41. The Balaban J connectivity index is 1.50. The van der Waals surface area contributed by atoms with Crippen LogP contribution >= 0.6 is 0 Å². The largest absolute Gasteiger partial charge is 0.439 e. The number of rotatable bonds is 8. The van der Waals surface area contributed by atoms with Crippen molar-refractivity contribution in [2.45, 2.75) is 115 Å². The monoisotopic (exact) mass is 626 g/mol. The molecule has 6 nitrogen and oxygen atoms in total. The zero-order chi connectivity index (χ0) is 31.8. The van der Waals surface area contributed by atoms with Crippen LogP contribution in [0.15, 0.2) is 30.5 Å². The van der Waals surface area contributed by atoms with Crippen molar-refractivity contribution in [3.8, 4) is 0 Å². The van der Waals surface area contributed by atoms with E-state index >= 15 is 0 Å². The van der Waals surface area contributed by atoms with E-state index in [1.54, 1.807) is 6.92 Å². The van der Waals surface area contributed by atoms with Crippen molar-refractivity contribution in [2.75, 3.05) is 22.9 Å². The lowest BCUT2D eigenvalue weighted by molar-refractivity contribution is -0.143. The molecule has 2 aromatic rings. The summed E-state index contributed by atoms with van der Waals surface area (Å²) in [4.78, 5) is 24.2. The van der Waals surface area contributed by atoms with Gasteiger partial charge in [-0.05, 0) is 75.8 Å². The lowest BCUT2D eigenvalue weighted by Crippen LogP contribution is -2.39. The van der Waals surface area contributed by atoms with Crippen LogP contribution in [0.4, 0.5) is 42.6 Å². The molecular weight excluding hydrogens is 586 g/mol. The summed E-state index contributed by atoms with van der Waals surface area (Å²) in [5.41, 5.74) is -1.50. The van der Waals surface area contributed by atoms with Gasteiger partial charge in [0.1, 0.15) is 11.9 Å². The molecule has 3 heterocycles. The van der Waals surface area contributed by atoms with E-state index in [-0.39, 0.29) is 18.2 Å². The Kier molecular flexibility index (Phi) is 9.28. The van der Waals surface area contributed by atoms with E-state index in [1.165, 1.54) is 11.3 Å². The molecule has 1 amide bonds. The third-order valence-corrected chi connectivity index (χ3v) is 9.41. The van der Waals surface area contributed by atoms with E-state index in [9.17, 15) is 31.1 Å². The molecule has 3 fully saturated rings. The molecule has 1 aromatic heterocycles. The van der Waals surface area contributed by atoms with Crippen molar-refractivity contribution in [3.63, 3.8) is 0 Å². The van der Waals surface area contributed by atoms with Crippen LogP contribution in [-0.2, 0) is 23.6 Å². The first-order chi connectivity index (χ1) is 20.8. The van der Waals surface area contributed by atoms with Gasteiger partial charge in [0.2, 0.25) is 0 Å². The summed E-state index contributed by atoms with van der Waals surface area (Å²) >= 11 is 0. The van der Waals surface area contributed by atoms with E-state index in [0.717, 1.165) is 68.6 Å². The summed E-state index contributed by atoms with van der Waals surface area (Å²) < 4.78 is 87.0. The Labute approximate surface area is 254 Å². The fourth-order valence-corrected chi connectivity index (χ4v) is 7.08. The average molecular weight is 627 g/mol. The van der Waals surface area contributed by atoms with Crippen LogP contribution < -0.4 is 9.80 Å². The number of ether oxygens (including phenoxy) is 1. The van der Waals surface area contributed by atoms with Crippen molar-refractivity contribution in [1.29, 1.82) is 0 Å². The summed E-state index contributed by atoms with van der Waals surface area (Å²) in [5, 5.41) is 0. The maximum atomic E-state index is 13.6. The standard InChI is InChI=1S/C32H40F6N4O2/c1-4-25-12-9-13-41(25)27-16-22(29(39-18-27)40(5-2)26-10-7-6-8-11-26)19-42-20(3)28(44-30(42)43)21-14-23(31(33,34)35)17-24(15-21)32(36,37)38/h14-18,20,25-26,28H,4-13,19H2,1-3H3/t20-,25?,28?/m0/s1. The SMILES string of the molecule is CCC1CCCN1c1cnc(N(CC)C2CCCCC2)c(CN2C(=O)OC(c3cc(C(F)(F)F)cc(C(F)(F)F)c3)[C@@H]2C)c1. The number of carbonyl (C=O) groups is 1. The summed E-state index contributed by atoms with van der Waals surface area (Å²) in [7, 11) is 0. The number of anilines is 2. The molecule has 0 spiro atoms. The number of pyridine rings is 1. The predicted molar refractivity (Wildman–Crippen MR) is 155 cm³/mol. The fraction of sp³-hybridized carbons (Fsp3) is 0.625. The summed E-state index contributed by atoms with van der Waals surface area (Å²) in [6, 6.07) is 3.24. The third kappa shape index (κ3) is 6.59. The Morgan fingerprint density at radius 3 is 2.18 bits per heavy atom. The van der Waals surface area contributed by atoms with E-state index < -0.39 is 41.7 Å². The number of nitrogens with zero attached hydrogens (tertiary/aromatic N) is 4. The lowest BCUT2D eigenvalue weighted by atomic mass is 9.93. The predicted octanol–water partition coefficient (Wildman–Crippen LogP) is 8.74. The van der Waals surface area contributed by atoms with Crippen molar-refractivity contribution >= 4 is 17.6 Å². The first-order valence-corrected chi connectivity index (χ1v) is 15.6. The number of benzene rings is 1. The Bertz CT molecular complexity index is 1290. The van der Waals surface area contributed by atoms with Crippen LogP contribution in [0, 0.1) is 0 Å². The van der Waals surface area contributed by atoms with E-state index in [0.29, 0.717) is 30.8 Å². The number of halogens is 6. The topological polar surface area (TPSA) is 48.9 Å². The van der Waals surface area contributed by atoms with Gasteiger partial charge in [-0.3, -0.25) is 4.90 Å². The van der Waals surface area contributed by atoms with Gasteiger partial charge in [0.25, 0.3) is 0 Å². The normalized spacial score (nSPS) is 23.4. The highest BCUT2D eigenvalue weighted by atomic mass is 19.4. The highest BCUT2D eigenvalue weighted by Crippen LogP contribution is 2.42. The summed E-state index contributed by atoms with van der Waals surface area (Å²) in [5.74, 6) is 0.747. The zero-order valence-electron chi connectivity index (χ0n) is 25.3. The van der Waals surface area contributed by atoms with Gasteiger partial charge in [-0.1, -0.05) is 26.2 Å². The molecule has 2 saturated heterocycles. The summed E-state index contributed by atoms with van der Waals surface area (Å²) in [6.45, 7) is 7.46. The first kappa shape index (κ1) is 32.2. The van der Waals surface area contributed by atoms with Crippen LogP contribution in [0.3, 0.4) is 0 Å². The number of cyclic esters (lactones) is 1. The molecular formula is C32H40F6N4O2. The van der Waals surface area contributed by atoms with Crippen molar-refractivity contribution in [3.05, 3.63) is 52.7 Å². The molecule has 3 aliphatic rings. The van der Waals surface area contributed by atoms with Gasteiger partial charge in [0.15, 0.2) is 0 Å². The van der Waals surface area contributed by atoms with Crippen molar-refractivity contribution in [1.82, 2.24) is 9.88 Å². The first-order valence-electron chi connectivity index (χ1n) is 15.6. The maximum absolute atomic E-state index is 13.6. The number of carbonyl (C=O) groups excluding carboxylic acids is 1. The van der Waals surface area contributed by atoms with Crippen LogP contribution in [-0.4, -0.2) is 47.2 Å². The molecule has 0 radical (unpaired) electrons. The highest BCUT2D eigenvalue weighted by molar-refractivity contribution is 5.72. The molecule has 0 N–H and O–H groups in total. The minimum absolute atomic E-state index is 0.0611. The van der Waals surface area contributed by atoms with E-state index in [1.807, 2.05) is 12.3 Å². The molecule has 242 valence electrons. The second-order valence-electron chi connectivity index (χ2n) is 12.2. The highest BCUT2D eigenvalue weighted by Gasteiger charge is 2.44. The Morgan fingerprint density at radius 1 is 0.932 bits per heavy atom. The molecule has 1 aromatic carbocycles. The molecule has 0 bridgehead atoms. The number of amides is 1. The quantitative estimate of drug-likeness (QED) is 0.274. The van der Waals surface area contributed by atoms with Crippen LogP contribution in [0.25, 0.3) is 0 Å². The van der Waals surface area contributed by atoms with Crippen molar-refractivity contribution in [2.24, 2.45) is 0 Å². The number of hydrogen-bond acceptors (Lipinski definition) is 5. The molecule has 3 atom stereocenters. The molecule has 5 rings (SSSR count). The second kappa shape index (κ2) is 12.7. The molecule has 2 aliphatic heterocycles. The fourth-order valence-electron chi connectivity index (χ4n) is 7.08. The zero-order valence-corrected chi connectivity index (χ0v) is 25.3. The summed E-state index contributed by atoms with van der Waals surface area (Å²) in [6.07, 6.45) is -1.63.